The quantitative estimate of drug-likeness (QED) is 0.0542. The first-order chi connectivity index (χ1) is 35.1. The number of aryl methyl sites for hydroxylation is 3. The second kappa shape index (κ2) is 30.0. The summed E-state index contributed by atoms with van der Waals surface area (Å²) in [6.45, 7) is 15.8. The summed E-state index contributed by atoms with van der Waals surface area (Å²) in [6, 6.07) is 27.5. The largest absolute Gasteiger partial charge is 1.00 e. The topological polar surface area (TPSA) is 252 Å². The fraction of sp³-hybridized carbons (Fsp3) is 0.283. The van der Waals surface area contributed by atoms with Crippen LogP contribution < -0.4 is 35.3 Å². The number of aromatic nitrogens is 6. The van der Waals surface area contributed by atoms with Crippen molar-refractivity contribution in [3.8, 4) is 45.7 Å². The van der Waals surface area contributed by atoms with E-state index >= 15 is 0 Å². The number of oxazole rings is 2. The van der Waals surface area contributed by atoms with Gasteiger partial charge in [-0.1, -0.05) is 74.4 Å². The molecule has 8 rings (SSSR count). The molecule has 0 spiro atoms. The Morgan fingerprint density at radius 2 is 1.08 bits per heavy atom. The second-order valence-electron chi connectivity index (χ2n) is 17.4. The van der Waals surface area contributed by atoms with Crippen LogP contribution in [0.5, 0.6) is 0 Å². The van der Waals surface area contributed by atoms with Crippen LogP contribution in [0.3, 0.4) is 0 Å². The minimum atomic E-state index is -0.639. The second-order valence-corrected chi connectivity index (χ2v) is 17.4. The van der Waals surface area contributed by atoms with Gasteiger partial charge in [0.05, 0.1) is 11.4 Å². The van der Waals surface area contributed by atoms with Crippen molar-refractivity contribution in [3.05, 3.63) is 156 Å². The third-order valence-electron chi connectivity index (χ3n) is 10.3. The van der Waals surface area contributed by atoms with Crippen LogP contribution in [0.25, 0.3) is 45.7 Å². The number of rotatable bonds is 12. The van der Waals surface area contributed by atoms with E-state index in [1.54, 1.807) is 68.8 Å². The Kier molecular flexibility index (Phi) is 24.8. The van der Waals surface area contributed by atoms with Gasteiger partial charge in [0.15, 0.2) is 0 Å². The molecule has 387 valence electrons. The van der Waals surface area contributed by atoms with E-state index in [4.69, 9.17) is 23.6 Å². The molecule has 3 radical (unpaired) electrons. The number of aldehydes is 1. The van der Waals surface area contributed by atoms with Crippen LogP contribution in [-0.2, 0) is 46.1 Å². The monoisotopic (exact) mass is 1040 g/mol. The summed E-state index contributed by atoms with van der Waals surface area (Å²) >= 11 is 0. The average Bonchev–Trinajstić information content (AvgIpc) is 4.24. The molecule has 0 aliphatic carbocycles. The maximum atomic E-state index is 13.1. The molecule has 18 nitrogen and oxygen atoms in total. The Morgan fingerprint density at radius 1 is 0.640 bits per heavy atom. The Hall–Kier alpha value is -7.46. The molecule has 4 aromatic heterocycles. The number of benzene rings is 4. The van der Waals surface area contributed by atoms with Crippen LogP contribution in [0, 0.1) is 25.5 Å². The summed E-state index contributed by atoms with van der Waals surface area (Å²) in [4.78, 5) is 64.7. The molecule has 0 saturated heterocycles. The number of halogens is 2. The van der Waals surface area contributed by atoms with Crippen LogP contribution in [0.15, 0.2) is 127 Å². The Bertz CT molecular complexity index is 3030. The Morgan fingerprint density at radius 3 is 1.48 bits per heavy atom. The van der Waals surface area contributed by atoms with Crippen molar-refractivity contribution in [3.63, 3.8) is 0 Å². The standard InChI is InChI=1S/C24H24FN3O2.C13H15FN2O.C10H8N2O2.C4H6O4.C2H3BO2.Na/c1-16-26-22(28-30-16)19-8-4-6-17(14-19)7-5-13-24(2,3)21-15-29-23(27-21)18-9-11-20(25)12-10-18;1-13(2,8-15)11-7-17-12(16-11)9-3-5-10(14)6-4-9;1-7-11-10(12-14-7)9-4-2-3-8(5-9)6-13;1-3(5)7-8-4(2)6;1-2(4)5-3;/h4,6,8-12,14-15H,5,7,13H2,1-3H3;3-7H,8,15H2,1-2H3;2-6H,1H3;1-2H3;1H3;/q;;;;-1;+1. The molecule has 0 aliphatic rings. The van der Waals surface area contributed by atoms with E-state index in [0.717, 1.165) is 73.0 Å². The first-order valence-corrected chi connectivity index (χ1v) is 22.8. The van der Waals surface area contributed by atoms with Crippen LogP contribution in [0.2, 0.25) is 0 Å². The predicted molar refractivity (Wildman–Crippen MR) is 267 cm³/mol. The summed E-state index contributed by atoms with van der Waals surface area (Å²) in [5.74, 6) is 0.901. The van der Waals surface area contributed by atoms with Crippen molar-refractivity contribution in [2.45, 2.75) is 92.4 Å². The zero-order valence-corrected chi connectivity index (χ0v) is 45.4. The molecule has 0 aliphatic heterocycles. The fourth-order valence-electron chi connectivity index (χ4n) is 6.15. The average molecular weight is 1040 g/mol. The Balaban J connectivity index is 0.000000279. The minimum absolute atomic E-state index is 0. The molecule has 0 fully saturated rings. The summed E-state index contributed by atoms with van der Waals surface area (Å²) in [5.41, 5.74) is 12.1. The van der Waals surface area contributed by atoms with E-state index in [2.05, 4.69) is 78.7 Å². The molecule has 8 aromatic rings. The van der Waals surface area contributed by atoms with Crippen molar-refractivity contribution in [2.75, 3.05) is 6.54 Å². The normalized spacial score (nSPS) is 10.5. The number of nitrogens with zero attached hydrogens (tertiary/aromatic N) is 6. The van der Waals surface area contributed by atoms with E-state index < -0.39 is 17.9 Å². The van der Waals surface area contributed by atoms with Gasteiger partial charge in [-0.25, -0.2) is 38.1 Å². The summed E-state index contributed by atoms with van der Waals surface area (Å²) in [7, 11) is 4.32. The van der Waals surface area contributed by atoms with E-state index in [0.29, 0.717) is 47.3 Å². The van der Waals surface area contributed by atoms with Crippen LogP contribution in [0.1, 0.15) is 100 Å². The SMILES string of the molecule is CC(=O)OOC(C)=O.CC(C)(CN)c1coc(-c2ccc(F)cc2)n1.Cc1nc(-c2cccc(C=O)c2)no1.Cc1nc(-c2cccc(CCCC(C)(C)c3coc(-c4ccc(F)cc4)n3)c2)no1.[B-]OC(C)=O.[Na+]. The maximum Gasteiger partial charge on any atom is 1.00 e. The van der Waals surface area contributed by atoms with Gasteiger partial charge in [0.25, 0.3) is 0 Å². The first kappa shape index (κ1) is 61.8. The van der Waals surface area contributed by atoms with E-state index in [1.807, 2.05) is 32.0 Å². The number of hydrogen-bond donors (Lipinski definition) is 1. The molecule has 4 aromatic carbocycles. The smallest absolute Gasteiger partial charge is 0.793 e. The van der Waals surface area contributed by atoms with Crippen molar-refractivity contribution < 1.29 is 89.8 Å². The van der Waals surface area contributed by atoms with Gasteiger partial charge in [-0.2, -0.15) is 9.97 Å². The number of nitrogens with two attached hydrogens (primary N) is 1. The number of carbonyl (C=O) groups is 4. The van der Waals surface area contributed by atoms with Gasteiger partial charge in [-0.05, 0) is 85.5 Å². The van der Waals surface area contributed by atoms with Crippen molar-refractivity contribution >= 4 is 32.2 Å². The van der Waals surface area contributed by atoms with Crippen molar-refractivity contribution in [1.82, 2.24) is 30.2 Å². The molecular formula is C53H56BF2N7NaO11. The predicted octanol–water partition coefficient (Wildman–Crippen LogP) is 7.38. The molecule has 0 amide bonds. The molecule has 22 heteroatoms. The van der Waals surface area contributed by atoms with Gasteiger partial charge in [0.1, 0.15) is 30.4 Å². The van der Waals surface area contributed by atoms with Crippen LogP contribution >= 0.6 is 0 Å². The third kappa shape index (κ3) is 20.8. The summed E-state index contributed by atoms with van der Waals surface area (Å²) in [5, 5.41) is 7.75. The number of hydrogen-bond acceptors (Lipinski definition) is 18. The fourth-order valence-corrected chi connectivity index (χ4v) is 6.15. The number of carbonyl (C=O) groups excluding carboxylic acids is 4. The first-order valence-electron chi connectivity index (χ1n) is 22.8. The van der Waals surface area contributed by atoms with E-state index in [9.17, 15) is 28.0 Å². The van der Waals surface area contributed by atoms with Gasteiger partial charge in [-0.3, -0.25) is 9.59 Å². The molecular weight excluding hydrogens is 982 g/mol. The minimum Gasteiger partial charge on any atom is -0.793 e. The van der Waals surface area contributed by atoms with Gasteiger partial charge in [0, 0.05) is 79.8 Å². The van der Waals surface area contributed by atoms with E-state index in [-0.39, 0.29) is 52.0 Å². The zero-order valence-electron chi connectivity index (χ0n) is 43.4. The molecule has 4 heterocycles. The van der Waals surface area contributed by atoms with Crippen LogP contribution in [-0.4, -0.2) is 69.0 Å². The van der Waals surface area contributed by atoms with E-state index in [1.165, 1.54) is 36.8 Å². The zero-order chi connectivity index (χ0) is 54.4. The molecule has 0 saturated carbocycles. The molecule has 0 atom stereocenters. The molecule has 75 heavy (non-hydrogen) atoms. The summed E-state index contributed by atoms with van der Waals surface area (Å²) in [6.07, 6.45) is 6.99. The molecule has 2 N–H and O–H groups in total. The van der Waals surface area contributed by atoms with Gasteiger partial charge in [0.2, 0.25) is 41.2 Å². The molecule has 0 unspecified atom stereocenters. The van der Waals surface area contributed by atoms with Gasteiger partial charge in [-0.15, -0.1) is 0 Å². The van der Waals surface area contributed by atoms with Crippen molar-refractivity contribution in [2.24, 2.45) is 5.73 Å². The van der Waals surface area contributed by atoms with Crippen molar-refractivity contribution in [1.29, 1.82) is 0 Å². The van der Waals surface area contributed by atoms with Gasteiger partial charge >= 0.3 is 41.5 Å². The maximum absolute atomic E-state index is 13.1. The Labute approximate surface area is 455 Å². The van der Waals surface area contributed by atoms with Gasteiger partial charge < -0.3 is 36.3 Å². The molecule has 0 bridgehead atoms. The summed E-state index contributed by atoms with van der Waals surface area (Å²) < 4.78 is 50.5. The third-order valence-corrected chi connectivity index (χ3v) is 10.3. The van der Waals surface area contributed by atoms with Crippen LogP contribution in [0.4, 0.5) is 8.78 Å².